The SMILES string of the molecule is COC1CCN(c2nc(N)nc(N(C)C)n2)C1. The maximum Gasteiger partial charge on any atom is 0.232 e. The number of rotatable bonds is 3. The van der Waals surface area contributed by atoms with Gasteiger partial charge in [0.1, 0.15) is 0 Å². The molecule has 2 rings (SSSR count). The minimum absolute atomic E-state index is 0.246. The van der Waals surface area contributed by atoms with Crippen molar-refractivity contribution in [1.82, 2.24) is 15.0 Å². The molecule has 17 heavy (non-hydrogen) atoms. The van der Waals surface area contributed by atoms with Crippen molar-refractivity contribution >= 4 is 17.8 Å². The Kier molecular flexibility index (Phi) is 3.28. The number of hydrogen-bond donors (Lipinski definition) is 1. The van der Waals surface area contributed by atoms with Crippen LogP contribution in [-0.4, -0.2) is 55.4 Å². The summed E-state index contributed by atoms with van der Waals surface area (Å²) in [6.45, 7) is 1.68. The summed E-state index contributed by atoms with van der Waals surface area (Å²) in [4.78, 5) is 16.5. The number of anilines is 3. The number of methoxy groups -OCH3 is 1. The van der Waals surface area contributed by atoms with Gasteiger partial charge in [-0.15, -0.1) is 0 Å². The van der Waals surface area contributed by atoms with Crippen molar-refractivity contribution in [2.24, 2.45) is 0 Å². The second-order valence-corrected chi connectivity index (χ2v) is 4.28. The predicted octanol–water partition coefficient (Wildman–Crippen LogP) is -0.255. The van der Waals surface area contributed by atoms with Gasteiger partial charge in [0.15, 0.2) is 0 Å². The first-order valence-electron chi connectivity index (χ1n) is 5.56. The van der Waals surface area contributed by atoms with Crippen molar-refractivity contribution in [3.63, 3.8) is 0 Å². The molecule has 2 heterocycles. The highest BCUT2D eigenvalue weighted by atomic mass is 16.5. The van der Waals surface area contributed by atoms with Crippen molar-refractivity contribution < 1.29 is 4.74 Å². The zero-order valence-electron chi connectivity index (χ0n) is 10.4. The molecule has 0 aromatic carbocycles. The molecule has 1 fully saturated rings. The van der Waals surface area contributed by atoms with Crippen LogP contribution in [0, 0.1) is 0 Å². The van der Waals surface area contributed by atoms with Crippen LogP contribution in [-0.2, 0) is 4.74 Å². The van der Waals surface area contributed by atoms with Crippen LogP contribution >= 0.6 is 0 Å². The normalized spacial score (nSPS) is 19.7. The number of nitrogens with zero attached hydrogens (tertiary/aromatic N) is 5. The lowest BCUT2D eigenvalue weighted by Gasteiger charge is -2.18. The summed E-state index contributed by atoms with van der Waals surface area (Å²) < 4.78 is 5.32. The molecule has 0 saturated carbocycles. The monoisotopic (exact) mass is 238 g/mol. The number of ether oxygens (including phenoxy) is 1. The van der Waals surface area contributed by atoms with Gasteiger partial charge in [0, 0.05) is 34.3 Å². The minimum Gasteiger partial charge on any atom is -0.380 e. The third-order valence-corrected chi connectivity index (χ3v) is 2.79. The molecule has 1 unspecified atom stereocenters. The van der Waals surface area contributed by atoms with Gasteiger partial charge in [-0.2, -0.15) is 15.0 Å². The molecular formula is C10H18N6O. The van der Waals surface area contributed by atoms with Crippen molar-refractivity contribution in [2.75, 3.05) is 49.8 Å². The minimum atomic E-state index is 0.246. The summed E-state index contributed by atoms with van der Waals surface area (Å²) in [6.07, 6.45) is 1.23. The molecule has 1 aliphatic heterocycles. The van der Waals surface area contributed by atoms with E-state index in [-0.39, 0.29) is 12.1 Å². The second-order valence-electron chi connectivity index (χ2n) is 4.28. The Morgan fingerprint density at radius 2 is 2.12 bits per heavy atom. The highest BCUT2D eigenvalue weighted by Crippen LogP contribution is 2.19. The first-order valence-corrected chi connectivity index (χ1v) is 5.56. The van der Waals surface area contributed by atoms with Crippen molar-refractivity contribution in [1.29, 1.82) is 0 Å². The molecule has 0 aliphatic carbocycles. The summed E-state index contributed by atoms with van der Waals surface area (Å²) in [5, 5.41) is 0. The van der Waals surface area contributed by atoms with Crippen molar-refractivity contribution in [3.8, 4) is 0 Å². The van der Waals surface area contributed by atoms with E-state index in [1.165, 1.54) is 0 Å². The first kappa shape index (κ1) is 11.8. The van der Waals surface area contributed by atoms with Gasteiger partial charge < -0.3 is 20.3 Å². The van der Waals surface area contributed by atoms with E-state index in [9.17, 15) is 0 Å². The number of nitrogen functional groups attached to an aromatic ring is 1. The van der Waals surface area contributed by atoms with Gasteiger partial charge in [-0.3, -0.25) is 0 Å². The van der Waals surface area contributed by atoms with Crippen LogP contribution in [0.15, 0.2) is 0 Å². The average molecular weight is 238 g/mol. The van der Waals surface area contributed by atoms with Crippen LogP contribution in [0.3, 0.4) is 0 Å². The van der Waals surface area contributed by atoms with Gasteiger partial charge in [-0.1, -0.05) is 0 Å². The molecule has 1 aliphatic rings. The third-order valence-electron chi connectivity index (χ3n) is 2.79. The van der Waals surface area contributed by atoms with Crippen LogP contribution < -0.4 is 15.5 Å². The molecule has 0 amide bonds. The van der Waals surface area contributed by atoms with Crippen molar-refractivity contribution in [2.45, 2.75) is 12.5 Å². The Balaban J connectivity index is 2.21. The van der Waals surface area contributed by atoms with Crippen molar-refractivity contribution in [3.05, 3.63) is 0 Å². The molecular weight excluding hydrogens is 220 g/mol. The standard InChI is InChI=1S/C10H18N6O/c1-15(2)9-12-8(11)13-10(14-9)16-5-4-7(6-16)17-3/h7H,4-6H2,1-3H3,(H2,11,12,13,14). The number of aromatic nitrogens is 3. The van der Waals surface area contributed by atoms with E-state index >= 15 is 0 Å². The topological polar surface area (TPSA) is 80.4 Å². The largest absolute Gasteiger partial charge is 0.380 e. The molecule has 1 aromatic rings. The Labute approximate surface area is 101 Å². The molecule has 7 heteroatoms. The second kappa shape index (κ2) is 4.70. The Morgan fingerprint density at radius 1 is 1.35 bits per heavy atom. The van der Waals surface area contributed by atoms with E-state index in [0.29, 0.717) is 11.9 Å². The lowest BCUT2D eigenvalue weighted by Crippen LogP contribution is -2.26. The molecule has 1 atom stereocenters. The van der Waals surface area contributed by atoms with Crippen LogP contribution in [0.5, 0.6) is 0 Å². The van der Waals surface area contributed by atoms with Crippen LogP contribution in [0.4, 0.5) is 17.8 Å². The van der Waals surface area contributed by atoms with Gasteiger partial charge >= 0.3 is 0 Å². The summed E-state index contributed by atoms with van der Waals surface area (Å²) in [5.74, 6) is 1.45. The summed E-state index contributed by atoms with van der Waals surface area (Å²) in [7, 11) is 5.47. The van der Waals surface area contributed by atoms with E-state index in [4.69, 9.17) is 10.5 Å². The third kappa shape index (κ3) is 2.55. The Morgan fingerprint density at radius 3 is 2.71 bits per heavy atom. The smallest absolute Gasteiger partial charge is 0.232 e. The molecule has 0 radical (unpaired) electrons. The van der Waals surface area contributed by atoms with E-state index in [0.717, 1.165) is 19.5 Å². The molecule has 7 nitrogen and oxygen atoms in total. The van der Waals surface area contributed by atoms with Gasteiger partial charge in [-0.25, -0.2) is 0 Å². The Hall–Kier alpha value is -1.63. The fourth-order valence-electron chi connectivity index (χ4n) is 1.81. The molecule has 0 bridgehead atoms. The molecule has 2 N–H and O–H groups in total. The van der Waals surface area contributed by atoms with Crippen LogP contribution in [0.2, 0.25) is 0 Å². The highest BCUT2D eigenvalue weighted by Gasteiger charge is 2.24. The zero-order valence-corrected chi connectivity index (χ0v) is 10.4. The van der Waals surface area contributed by atoms with E-state index in [2.05, 4.69) is 19.9 Å². The quantitative estimate of drug-likeness (QED) is 0.777. The summed E-state index contributed by atoms with van der Waals surface area (Å²) in [6, 6.07) is 0. The van der Waals surface area contributed by atoms with Gasteiger partial charge in [0.25, 0.3) is 0 Å². The molecule has 1 saturated heterocycles. The lowest BCUT2D eigenvalue weighted by molar-refractivity contribution is 0.121. The molecule has 94 valence electrons. The predicted molar refractivity (Wildman–Crippen MR) is 66.2 cm³/mol. The molecule has 1 aromatic heterocycles. The van der Waals surface area contributed by atoms with Gasteiger partial charge in [0.2, 0.25) is 17.8 Å². The average Bonchev–Trinajstić information content (AvgIpc) is 2.76. The van der Waals surface area contributed by atoms with Gasteiger partial charge in [0.05, 0.1) is 6.10 Å². The fraction of sp³-hybridized carbons (Fsp3) is 0.700. The lowest BCUT2D eigenvalue weighted by atomic mass is 10.3. The molecule has 0 spiro atoms. The van der Waals surface area contributed by atoms with E-state index in [1.807, 2.05) is 19.0 Å². The number of nitrogens with two attached hydrogens (primary N) is 1. The number of hydrogen-bond acceptors (Lipinski definition) is 7. The maximum absolute atomic E-state index is 5.69. The zero-order chi connectivity index (χ0) is 12.4. The fourth-order valence-corrected chi connectivity index (χ4v) is 1.81. The first-order chi connectivity index (χ1) is 8.10. The highest BCUT2D eigenvalue weighted by molar-refractivity contribution is 5.43. The van der Waals surface area contributed by atoms with E-state index < -0.39 is 0 Å². The van der Waals surface area contributed by atoms with Crippen LogP contribution in [0.25, 0.3) is 0 Å². The maximum atomic E-state index is 5.69. The van der Waals surface area contributed by atoms with Crippen LogP contribution in [0.1, 0.15) is 6.42 Å². The summed E-state index contributed by atoms with van der Waals surface area (Å²) in [5.41, 5.74) is 5.69. The Bertz CT molecular complexity index is 396. The van der Waals surface area contributed by atoms with Gasteiger partial charge in [-0.05, 0) is 6.42 Å². The van der Waals surface area contributed by atoms with E-state index in [1.54, 1.807) is 7.11 Å². The summed E-state index contributed by atoms with van der Waals surface area (Å²) >= 11 is 0.